The number of hydrogen-bond donors (Lipinski definition) is 0. The van der Waals surface area contributed by atoms with E-state index in [1.807, 2.05) is 12.3 Å². The van der Waals surface area contributed by atoms with Gasteiger partial charge in [0.15, 0.2) is 0 Å². The normalized spacial score (nSPS) is 20.8. The van der Waals surface area contributed by atoms with Crippen LogP contribution in [0.5, 0.6) is 0 Å². The molecule has 1 heterocycles. The summed E-state index contributed by atoms with van der Waals surface area (Å²) in [4.78, 5) is 21.6. The Morgan fingerprint density at radius 2 is 1.71 bits per heavy atom. The van der Waals surface area contributed by atoms with Gasteiger partial charge in [-0.3, -0.25) is 4.79 Å². The van der Waals surface area contributed by atoms with Crippen molar-refractivity contribution >= 4 is 14.3 Å². The van der Waals surface area contributed by atoms with Crippen LogP contribution in [0.2, 0.25) is 16.6 Å². The van der Waals surface area contributed by atoms with Crippen LogP contribution in [0, 0.1) is 5.92 Å². The van der Waals surface area contributed by atoms with Crippen LogP contribution in [0.4, 0.5) is 0 Å². The average molecular weight is 407 g/mol. The number of carbonyl (C=O) groups is 1. The van der Waals surface area contributed by atoms with Gasteiger partial charge in [0.05, 0.1) is 25.3 Å². The fraction of sp³-hybridized carbons (Fsp3) is 0.773. The first-order valence-corrected chi connectivity index (χ1v) is 12.9. The average Bonchev–Trinajstić information content (AvgIpc) is 2.67. The minimum absolute atomic E-state index is 0.0449. The van der Waals surface area contributed by atoms with E-state index in [-0.39, 0.29) is 17.8 Å². The minimum Gasteiger partial charge on any atom is -0.469 e. The lowest BCUT2D eigenvalue weighted by Gasteiger charge is -2.42. The van der Waals surface area contributed by atoms with Gasteiger partial charge in [0.25, 0.3) is 0 Å². The summed E-state index contributed by atoms with van der Waals surface area (Å²) in [5, 5.41) is 0. The lowest BCUT2D eigenvalue weighted by molar-refractivity contribution is -0.147. The number of methoxy groups -OCH3 is 1. The second kappa shape index (κ2) is 9.97. The summed E-state index contributed by atoms with van der Waals surface area (Å²) in [5.74, 6) is 0.539. The van der Waals surface area contributed by atoms with Gasteiger partial charge in [-0.05, 0) is 35.5 Å². The Labute approximate surface area is 171 Å². The molecule has 1 aliphatic carbocycles. The van der Waals surface area contributed by atoms with E-state index >= 15 is 0 Å². The summed E-state index contributed by atoms with van der Waals surface area (Å²) < 4.78 is 11.7. The van der Waals surface area contributed by atoms with Crippen molar-refractivity contribution in [2.75, 3.05) is 7.11 Å². The first-order chi connectivity index (χ1) is 13.2. The molecule has 0 saturated heterocycles. The SMILES string of the molecule is COC(=O)[C@H]1CCCC[C@H]1c1nccc(CO[Si](C(C)C)(C(C)C)C(C)C)n1. The molecule has 6 heteroatoms. The fourth-order valence-corrected chi connectivity index (χ4v) is 10.6. The fourth-order valence-electron chi connectivity index (χ4n) is 5.24. The lowest BCUT2D eigenvalue weighted by Crippen LogP contribution is -2.47. The molecule has 158 valence electrons. The van der Waals surface area contributed by atoms with Crippen molar-refractivity contribution in [2.24, 2.45) is 5.92 Å². The van der Waals surface area contributed by atoms with Gasteiger partial charge in [-0.1, -0.05) is 54.4 Å². The van der Waals surface area contributed by atoms with Crippen molar-refractivity contribution in [3.63, 3.8) is 0 Å². The quantitative estimate of drug-likeness (QED) is 0.414. The minimum atomic E-state index is -1.94. The smallest absolute Gasteiger partial charge is 0.309 e. The second-order valence-electron chi connectivity index (χ2n) is 9.03. The first-order valence-electron chi connectivity index (χ1n) is 10.8. The predicted molar refractivity (Wildman–Crippen MR) is 115 cm³/mol. The maximum Gasteiger partial charge on any atom is 0.309 e. The van der Waals surface area contributed by atoms with E-state index in [9.17, 15) is 4.79 Å². The van der Waals surface area contributed by atoms with Crippen LogP contribution in [-0.2, 0) is 20.6 Å². The molecule has 0 N–H and O–H groups in total. The molecule has 0 aliphatic heterocycles. The standard InChI is InChI=1S/C22H38N2O3Si/c1-15(2)28(16(3)4,17(5)6)27-14-18-12-13-23-21(24-18)19-10-8-9-11-20(19)22(25)26-7/h12-13,15-17,19-20H,8-11,14H2,1-7H3/t19-,20+/m1/s1. The van der Waals surface area contributed by atoms with Gasteiger partial charge in [-0.2, -0.15) is 0 Å². The molecule has 2 rings (SSSR count). The summed E-state index contributed by atoms with van der Waals surface area (Å²) in [7, 11) is -0.474. The highest BCUT2D eigenvalue weighted by Gasteiger charge is 2.45. The zero-order valence-corrected chi connectivity index (χ0v) is 19.7. The number of esters is 1. The van der Waals surface area contributed by atoms with Crippen LogP contribution >= 0.6 is 0 Å². The Morgan fingerprint density at radius 1 is 1.11 bits per heavy atom. The molecule has 1 fully saturated rings. The van der Waals surface area contributed by atoms with Crippen LogP contribution in [0.1, 0.15) is 84.7 Å². The Bertz CT molecular complexity index is 627. The van der Waals surface area contributed by atoms with Gasteiger partial charge in [-0.25, -0.2) is 9.97 Å². The molecule has 1 saturated carbocycles. The second-order valence-corrected chi connectivity index (χ2v) is 14.5. The van der Waals surface area contributed by atoms with E-state index in [1.165, 1.54) is 7.11 Å². The molecule has 5 nitrogen and oxygen atoms in total. The van der Waals surface area contributed by atoms with E-state index in [1.54, 1.807) is 0 Å². The van der Waals surface area contributed by atoms with E-state index in [2.05, 4.69) is 46.5 Å². The van der Waals surface area contributed by atoms with E-state index in [0.717, 1.165) is 37.2 Å². The Hall–Kier alpha value is -1.27. The summed E-state index contributed by atoms with van der Waals surface area (Å²) in [6.07, 6.45) is 5.77. The van der Waals surface area contributed by atoms with Crippen LogP contribution in [0.15, 0.2) is 12.3 Å². The van der Waals surface area contributed by atoms with Crippen molar-refractivity contribution in [2.45, 2.75) is 96.4 Å². The Kier molecular flexibility index (Phi) is 8.19. The third kappa shape index (κ3) is 4.82. The van der Waals surface area contributed by atoms with Gasteiger partial charge in [0.2, 0.25) is 8.32 Å². The molecule has 1 aromatic heterocycles. The van der Waals surface area contributed by atoms with Crippen molar-refractivity contribution < 1.29 is 14.0 Å². The summed E-state index contributed by atoms with van der Waals surface area (Å²) in [6, 6.07) is 1.94. The monoisotopic (exact) mass is 406 g/mol. The van der Waals surface area contributed by atoms with Crippen molar-refractivity contribution in [3.05, 3.63) is 23.8 Å². The molecule has 0 spiro atoms. The molecular weight excluding hydrogens is 368 g/mol. The Morgan fingerprint density at radius 3 is 2.29 bits per heavy atom. The number of carbonyl (C=O) groups excluding carboxylic acids is 1. The van der Waals surface area contributed by atoms with Crippen LogP contribution in [0.3, 0.4) is 0 Å². The number of nitrogens with zero attached hydrogens (tertiary/aromatic N) is 2. The van der Waals surface area contributed by atoms with Gasteiger partial charge in [0, 0.05) is 12.1 Å². The molecule has 1 aliphatic rings. The maximum absolute atomic E-state index is 12.2. The Balaban J connectivity index is 2.21. The number of ether oxygens (including phenoxy) is 1. The molecule has 0 amide bonds. The molecule has 0 bridgehead atoms. The molecule has 1 aromatic rings. The van der Waals surface area contributed by atoms with Crippen molar-refractivity contribution in [1.82, 2.24) is 9.97 Å². The highest BCUT2D eigenvalue weighted by molar-refractivity contribution is 6.77. The van der Waals surface area contributed by atoms with Crippen LogP contribution in [0.25, 0.3) is 0 Å². The molecule has 0 radical (unpaired) electrons. The zero-order chi connectivity index (χ0) is 20.9. The van der Waals surface area contributed by atoms with Gasteiger partial charge in [0.1, 0.15) is 5.82 Å². The lowest BCUT2D eigenvalue weighted by atomic mass is 9.78. The third-order valence-electron chi connectivity index (χ3n) is 6.51. The molecule has 0 unspecified atom stereocenters. The first kappa shape index (κ1) is 23.0. The number of rotatable bonds is 8. The van der Waals surface area contributed by atoms with Crippen LogP contribution in [-0.4, -0.2) is 31.4 Å². The largest absolute Gasteiger partial charge is 0.469 e. The third-order valence-corrected chi connectivity index (χ3v) is 12.6. The molecular formula is C22H38N2O3Si. The zero-order valence-electron chi connectivity index (χ0n) is 18.7. The van der Waals surface area contributed by atoms with Gasteiger partial charge in [-0.15, -0.1) is 0 Å². The van der Waals surface area contributed by atoms with E-state index in [4.69, 9.17) is 14.1 Å². The van der Waals surface area contributed by atoms with E-state index in [0.29, 0.717) is 23.2 Å². The van der Waals surface area contributed by atoms with Gasteiger partial charge >= 0.3 is 5.97 Å². The number of hydrogen-bond acceptors (Lipinski definition) is 5. The van der Waals surface area contributed by atoms with Crippen LogP contribution < -0.4 is 0 Å². The molecule has 28 heavy (non-hydrogen) atoms. The summed E-state index contributed by atoms with van der Waals surface area (Å²) in [6.45, 7) is 14.3. The topological polar surface area (TPSA) is 61.3 Å². The highest BCUT2D eigenvalue weighted by Crippen LogP contribution is 2.43. The van der Waals surface area contributed by atoms with Crippen molar-refractivity contribution in [3.8, 4) is 0 Å². The highest BCUT2D eigenvalue weighted by atomic mass is 28.4. The maximum atomic E-state index is 12.2. The predicted octanol–water partition coefficient (Wildman–Crippen LogP) is 5.62. The summed E-state index contributed by atoms with van der Waals surface area (Å²) >= 11 is 0. The number of aromatic nitrogens is 2. The summed E-state index contributed by atoms with van der Waals surface area (Å²) in [5.41, 5.74) is 2.53. The van der Waals surface area contributed by atoms with E-state index < -0.39 is 8.32 Å². The molecule has 0 aromatic carbocycles. The van der Waals surface area contributed by atoms with Crippen molar-refractivity contribution in [1.29, 1.82) is 0 Å². The van der Waals surface area contributed by atoms with Gasteiger partial charge < -0.3 is 9.16 Å². The molecule has 2 atom stereocenters.